The van der Waals surface area contributed by atoms with Crippen LogP contribution in [0.3, 0.4) is 0 Å². The molecular formula is C10H20FNO. The van der Waals surface area contributed by atoms with Crippen LogP contribution in [0.4, 0.5) is 4.39 Å². The minimum atomic E-state index is -0.243. The van der Waals surface area contributed by atoms with Gasteiger partial charge in [-0.2, -0.15) is 0 Å². The summed E-state index contributed by atoms with van der Waals surface area (Å²) in [5.41, 5.74) is 0. The van der Waals surface area contributed by atoms with E-state index in [1.165, 1.54) is 0 Å². The highest BCUT2D eigenvalue weighted by Gasteiger charge is 2.24. The van der Waals surface area contributed by atoms with Crippen LogP contribution in [0.1, 0.15) is 26.7 Å². The first-order valence-corrected chi connectivity index (χ1v) is 5.23. The lowest BCUT2D eigenvalue weighted by atomic mass is 10.1. The Hall–Kier alpha value is -0.150. The molecule has 2 unspecified atom stereocenters. The fourth-order valence-electron chi connectivity index (χ4n) is 1.76. The summed E-state index contributed by atoms with van der Waals surface area (Å²) in [4.78, 5) is 2.17. The van der Waals surface area contributed by atoms with Crippen molar-refractivity contribution in [3.05, 3.63) is 0 Å². The molecule has 0 bridgehead atoms. The average Bonchev–Trinajstić information content (AvgIpc) is 2.17. The first-order chi connectivity index (χ1) is 6.30. The molecule has 1 rings (SSSR count). The third kappa shape index (κ3) is 3.24. The summed E-state index contributed by atoms with van der Waals surface area (Å²) in [5.74, 6) is 0. The SMILES string of the molecule is CCC1CN(CCF)CC(CC)O1. The molecule has 0 spiro atoms. The predicted molar refractivity (Wildman–Crippen MR) is 51.7 cm³/mol. The van der Waals surface area contributed by atoms with E-state index in [2.05, 4.69) is 18.7 Å². The minimum Gasteiger partial charge on any atom is -0.372 e. The van der Waals surface area contributed by atoms with Gasteiger partial charge >= 0.3 is 0 Å². The fraction of sp³-hybridized carbons (Fsp3) is 1.00. The second kappa shape index (κ2) is 5.55. The molecule has 78 valence electrons. The highest BCUT2D eigenvalue weighted by atomic mass is 19.1. The van der Waals surface area contributed by atoms with E-state index in [0.717, 1.165) is 25.9 Å². The van der Waals surface area contributed by atoms with Crippen molar-refractivity contribution in [2.24, 2.45) is 0 Å². The van der Waals surface area contributed by atoms with E-state index in [1.54, 1.807) is 0 Å². The number of ether oxygens (including phenoxy) is 1. The molecule has 0 radical (unpaired) electrons. The van der Waals surface area contributed by atoms with Gasteiger partial charge in [-0.25, -0.2) is 4.39 Å². The summed E-state index contributed by atoms with van der Waals surface area (Å²) >= 11 is 0. The van der Waals surface area contributed by atoms with Crippen LogP contribution in [-0.4, -0.2) is 43.4 Å². The van der Waals surface area contributed by atoms with Crippen molar-refractivity contribution in [1.29, 1.82) is 0 Å². The van der Waals surface area contributed by atoms with E-state index in [-0.39, 0.29) is 6.67 Å². The summed E-state index contributed by atoms with van der Waals surface area (Å²) in [6.07, 6.45) is 2.67. The molecular weight excluding hydrogens is 169 g/mol. The van der Waals surface area contributed by atoms with Crippen LogP contribution in [0, 0.1) is 0 Å². The van der Waals surface area contributed by atoms with Crippen molar-refractivity contribution in [2.75, 3.05) is 26.3 Å². The fourth-order valence-corrected chi connectivity index (χ4v) is 1.76. The van der Waals surface area contributed by atoms with Gasteiger partial charge in [-0.15, -0.1) is 0 Å². The predicted octanol–water partition coefficient (Wildman–Crippen LogP) is 1.85. The lowest BCUT2D eigenvalue weighted by molar-refractivity contribution is -0.0876. The molecule has 1 saturated heterocycles. The van der Waals surface area contributed by atoms with Crippen molar-refractivity contribution in [3.8, 4) is 0 Å². The lowest BCUT2D eigenvalue weighted by Crippen LogP contribution is -2.47. The van der Waals surface area contributed by atoms with Crippen LogP contribution in [0.5, 0.6) is 0 Å². The van der Waals surface area contributed by atoms with Crippen molar-refractivity contribution >= 4 is 0 Å². The lowest BCUT2D eigenvalue weighted by Gasteiger charge is -2.37. The zero-order valence-corrected chi connectivity index (χ0v) is 8.63. The van der Waals surface area contributed by atoms with E-state index in [0.29, 0.717) is 18.8 Å². The Morgan fingerprint density at radius 1 is 1.23 bits per heavy atom. The molecule has 13 heavy (non-hydrogen) atoms. The highest BCUT2D eigenvalue weighted by molar-refractivity contribution is 4.76. The second-order valence-electron chi connectivity index (χ2n) is 3.65. The van der Waals surface area contributed by atoms with Crippen LogP contribution in [-0.2, 0) is 4.74 Å². The molecule has 2 nitrogen and oxygen atoms in total. The summed E-state index contributed by atoms with van der Waals surface area (Å²) in [6.45, 7) is 6.36. The van der Waals surface area contributed by atoms with E-state index < -0.39 is 0 Å². The van der Waals surface area contributed by atoms with Crippen molar-refractivity contribution in [2.45, 2.75) is 38.9 Å². The topological polar surface area (TPSA) is 12.5 Å². The van der Waals surface area contributed by atoms with Gasteiger partial charge in [0.05, 0.1) is 12.2 Å². The van der Waals surface area contributed by atoms with E-state index >= 15 is 0 Å². The van der Waals surface area contributed by atoms with Crippen LogP contribution < -0.4 is 0 Å². The standard InChI is InChI=1S/C10H20FNO/c1-3-9-7-12(6-5-11)8-10(4-2)13-9/h9-10H,3-8H2,1-2H3. The number of morpholine rings is 1. The minimum absolute atomic E-state index is 0.243. The molecule has 0 aromatic heterocycles. The van der Waals surface area contributed by atoms with Crippen LogP contribution in [0.2, 0.25) is 0 Å². The van der Waals surface area contributed by atoms with Crippen LogP contribution in [0.25, 0.3) is 0 Å². The van der Waals surface area contributed by atoms with Gasteiger partial charge in [-0.3, -0.25) is 4.90 Å². The molecule has 1 fully saturated rings. The maximum Gasteiger partial charge on any atom is 0.102 e. The number of hydrogen-bond donors (Lipinski definition) is 0. The van der Waals surface area contributed by atoms with Crippen molar-refractivity contribution in [1.82, 2.24) is 4.90 Å². The van der Waals surface area contributed by atoms with Gasteiger partial charge in [-0.05, 0) is 12.8 Å². The Kier molecular flexibility index (Phi) is 4.67. The molecule has 1 aliphatic heterocycles. The number of halogens is 1. The Balaban J connectivity index is 2.39. The molecule has 0 saturated carbocycles. The monoisotopic (exact) mass is 189 g/mol. The third-order valence-electron chi connectivity index (χ3n) is 2.62. The van der Waals surface area contributed by atoms with Gasteiger partial charge in [0, 0.05) is 19.6 Å². The maximum absolute atomic E-state index is 12.2. The van der Waals surface area contributed by atoms with E-state index in [1.807, 2.05) is 0 Å². The Bertz CT molecular complexity index is 131. The normalized spacial score (nSPS) is 30.7. The Labute approximate surface area is 80.1 Å². The molecule has 1 aliphatic rings. The van der Waals surface area contributed by atoms with Gasteiger partial charge < -0.3 is 4.74 Å². The zero-order valence-electron chi connectivity index (χ0n) is 8.63. The van der Waals surface area contributed by atoms with E-state index in [4.69, 9.17) is 4.74 Å². The molecule has 0 aliphatic carbocycles. The summed E-state index contributed by atoms with van der Waals surface area (Å²) < 4.78 is 18.0. The van der Waals surface area contributed by atoms with Gasteiger partial charge in [0.25, 0.3) is 0 Å². The van der Waals surface area contributed by atoms with E-state index in [9.17, 15) is 4.39 Å². The summed E-state index contributed by atoms with van der Waals surface area (Å²) in [7, 11) is 0. The average molecular weight is 189 g/mol. The molecule has 2 atom stereocenters. The number of nitrogens with zero attached hydrogens (tertiary/aromatic N) is 1. The Morgan fingerprint density at radius 2 is 1.77 bits per heavy atom. The molecule has 3 heteroatoms. The molecule has 0 aromatic rings. The zero-order chi connectivity index (χ0) is 9.68. The third-order valence-corrected chi connectivity index (χ3v) is 2.62. The quantitative estimate of drug-likeness (QED) is 0.669. The van der Waals surface area contributed by atoms with Gasteiger partial charge in [0.1, 0.15) is 6.67 Å². The van der Waals surface area contributed by atoms with Gasteiger partial charge in [-0.1, -0.05) is 13.8 Å². The van der Waals surface area contributed by atoms with Crippen LogP contribution in [0.15, 0.2) is 0 Å². The largest absolute Gasteiger partial charge is 0.372 e. The number of hydrogen-bond acceptors (Lipinski definition) is 2. The molecule has 0 amide bonds. The maximum atomic E-state index is 12.2. The second-order valence-corrected chi connectivity index (χ2v) is 3.65. The summed E-state index contributed by atoms with van der Waals surface area (Å²) in [6, 6.07) is 0. The number of rotatable bonds is 4. The first-order valence-electron chi connectivity index (χ1n) is 5.23. The Morgan fingerprint density at radius 3 is 2.15 bits per heavy atom. The molecule has 0 N–H and O–H groups in total. The van der Waals surface area contributed by atoms with Crippen LogP contribution >= 0.6 is 0 Å². The van der Waals surface area contributed by atoms with Gasteiger partial charge in [0.2, 0.25) is 0 Å². The van der Waals surface area contributed by atoms with Gasteiger partial charge in [0.15, 0.2) is 0 Å². The number of alkyl halides is 1. The van der Waals surface area contributed by atoms with Crippen molar-refractivity contribution < 1.29 is 9.13 Å². The smallest absolute Gasteiger partial charge is 0.102 e. The first kappa shape index (κ1) is 10.9. The molecule has 0 aromatic carbocycles. The van der Waals surface area contributed by atoms with Crippen molar-refractivity contribution in [3.63, 3.8) is 0 Å². The molecule has 1 heterocycles. The highest BCUT2D eigenvalue weighted by Crippen LogP contribution is 2.15. The summed E-state index contributed by atoms with van der Waals surface area (Å²) in [5, 5.41) is 0.